The van der Waals surface area contributed by atoms with Gasteiger partial charge in [-0.2, -0.15) is 0 Å². The molecule has 0 radical (unpaired) electrons. The van der Waals surface area contributed by atoms with Crippen molar-refractivity contribution in [2.45, 2.75) is 11.2 Å². The first-order valence-electron chi connectivity index (χ1n) is 16.0. The Morgan fingerprint density at radius 2 is 0.870 bits per heavy atom. The number of halogens is 4. The Morgan fingerprint density at radius 3 is 1.31 bits per heavy atom. The fourth-order valence-corrected chi connectivity index (χ4v) is 11.0. The maximum Gasteiger partial charge on any atom is 0.340 e. The van der Waals surface area contributed by atoms with Crippen molar-refractivity contribution in [2.24, 2.45) is 0 Å². The fraction of sp³-hybridized carbons (Fsp3) is 0.0500. The lowest BCUT2D eigenvalue weighted by molar-refractivity contribution is 0.0213. The highest BCUT2D eigenvalue weighted by atomic mass is 127. The van der Waals surface area contributed by atoms with Gasteiger partial charge in [-0.3, -0.25) is 0 Å². The molecule has 0 fully saturated rings. The number of carbonyl (C=O) groups is 2. The molecule has 6 aromatic rings. The number of phenolic OH excluding ortho intramolecular Hbond substituents is 4. The number of hydrogen-bond acceptors (Lipinski definition) is 10. The van der Waals surface area contributed by atoms with Crippen LogP contribution >= 0.6 is 90.4 Å². The van der Waals surface area contributed by atoms with E-state index in [1.807, 2.05) is 69.4 Å². The van der Waals surface area contributed by atoms with Crippen LogP contribution < -0.4 is 9.47 Å². The lowest BCUT2D eigenvalue weighted by Crippen LogP contribution is -2.34. The number of hydrogen-bond donors (Lipinski definition) is 4. The molecular formula is C40H20I4O10. The van der Waals surface area contributed by atoms with Crippen LogP contribution in [0.5, 0.6) is 46.0 Å². The lowest BCUT2D eigenvalue weighted by atomic mass is 9.77. The average Bonchev–Trinajstić information content (AvgIpc) is 3.62. The van der Waals surface area contributed by atoms with Crippen molar-refractivity contribution in [3.05, 3.63) is 156 Å². The van der Waals surface area contributed by atoms with Crippen LogP contribution in [0.3, 0.4) is 0 Å². The maximum absolute atomic E-state index is 12.9. The van der Waals surface area contributed by atoms with E-state index in [1.54, 1.807) is 48.5 Å². The highest BCUT2D eigenvalue weighted by Gasteiger charge is 2.56. The van der Waals surface area contributed by atoms with Gasteiger partial charge in [-0.1, -0.05) is 36.4 Å². The smallest absolute Gasteiger partial charge is 0.340 e. The molecule has 2 spiro atoms. The van der Waals surface area contributed by atoms with Gasteiger partial charge in [0.2, 0.25) is 0 Å². The molecule has 0 aliphatic carbocycles. The molecule has 6 aromatic carbocycles. The van der Waals surface area contributed by atoms with Crippen molar-refractivity contribution in [3.63, 3.8) is 0 Å². The fourth-order valence-electron chi connectivity index (χ4n) is 7.42. The molecule has 0 bridgehead atoms. The van der Waals surface area contributed by atoms with Crippen LogP contribution in [-0.4, -0.2) is 32.4 Å². The van der Waals surface area contributed by atoms with Crippen LogP contribution in [0.15, 0.2) is 97.1 Å². The molecule has 268 valence electrons. The van der Waals surface area contributed by atoms with Crippen LogP contribution in [0.25, 0.3) is 0 Å². The summed E-state index contributed by atoms with van der Waals surface area (Å²) in [5.41, 5.74) is 2.55. The molecule has 4 N–H and O–H groups in total. The number of rotatable bonds is 0. The quantitative estimate of drug-likeness (QED) is 0.0855. The van der Waals surface area contributed by atoms with Gasteiger partial charge in [-0.05, 0) is 139 Å². The van der Waals surface area contributed by atoms with Gasteiger partial charge >= 0.3 is 11.9 Å². The zero-order valence-electron chi connectivity index (χ0n) is 27.0. The van der Waals surface area contributed by atoms with Gasteiger partial charge in [-0.25, -0.2) is 9.59 Å². The van der Waals surface area contributed by atoms with E-state index in [9.17, 15) is 30.0 Å². The molecule has 10 nitrogen and oxygen atoms in total. The molecule has 0 unspecified atom stereocenters. The zero-order chi connectivity index (χ0) is 37.8. The summed E-state index contributed by atoms with van der Waals surface area (Å²) in [5, 5.41) is 40.7. The van der Waals surface area contributed by atoms with E-state index >= 15 is 0 Å². The van der Waals surface area contributed by atoms with Crippen molar-refractivity contribution in [2.75, 3.05) is 0 Å². The first-order valence-corrected chi connectivity index (χ1v) is 20.3. The summed E-state index contributed by atoms with van der Waals surface area (Å²) in [4.78, 5) is 25.4. The predicted octanol–water partition coefficient (Wildman–Crippen LogP) is 9.75. The van der Waals surface area contributed by atoms with Gasteiger partial charge in [-0.15, -0.1) is 0 Å². The number of carbonyl (C=O) groups excluding carboxylic acids is 2. The minimum atomic E-state index is -1.22. The van der Waals surface area contributed by atoms with Crippen LogP contribution in [-0.2, 0) is 20.7 Å². The second-order valence-electron chi connectivity index (χ2n) is 12.6. The van der Waals surface area contributed by atoms with Crippen molar-refractivity contribution in [1.29, 1.82) is 0 Å². The van der Waals surface area contributed by atoms with Gasteiger partial charge in [0.25, 0.3) is 0 Å². The molecule has 0 atom stereocenters. The number of esters is 2. The largest absolute Gasteiger partial charge is 0.508 e. The Kier molecular flexibility index (Phi) is 8.43. The number of phenols is 4. The van der Waals surface area contributed by atoms with E-state index in [1.165, 1.54) is 24.3 Å². The normalized spacial score (nSPS) is 15.6. The third kappa shape index (κ3) is 4.97. The molecule has 4 heterocycles. The highest BCUT2D eigenvalue weighted by Crippen LogP contribution is 2.61. The zero-order valence-corrected chi connectivity index (χ0v) is 35.6. The molecule has 0 aromatic heterocycles. The Bertz CT molecular complexity index is 2560. The number of fused-ring (bicyclic) bond motifs is 12. The van der Waals surface area contributed by atoms with Gasteiger partial charge in [0.15, 0.2) is 22.7 Å². The summed E-state index contributed by atoms with van der Waals surface area (Å²) < 4.78 is 26.4. The van der Waals surface area contributed by atoms with Crippen molar-refractivity contribution in [1.82, 2.24) is 0 Å². The number of benzene rings is 6. The molecule has 0 amide bonds. The minimum Gasteiger partial charge on any atom is -0.508 e. The Hall–Kier alpha value is -4.02. The van der Waals surface area contributed by atoms with Crippen molar-refractivity contribution in [3.8, 4) is 46.0 Å². The first kappa shape index (κ1) is 35.7. The molecule has 4 aliphatic heterocycles. The van der Waals surface area contributed by atoms with Crippen molar-refractivity contribution < 1.29 is 49.0 Å². The minimum absolute atomic E-state index is 0.0371. The molecule has 4 aliphatic rings. The van der Waals surface area contributed by atoms with E-state index in [0.29, 0.717) is 81.8 Å². The maximum atomic E-state index is 12.9. The Labute approximate surface area is 360 Å². The molecular weight excluding hydrogens is 1150 g/mol. The van der Waals surface area contributed by atoms with Gasteiger partial charge < -0.3 is 39.4 Å². The summed E-state index contributed by atoms with van der Waals surface area (Å²) in [6, 6.07) is 27.5. The van der Waals surface area contributed by atoms with Crippen LogP contribution in [0.2, 0.25) is 0 Å². The summed E-state index contributed by atoms with van der Waals surface area (Å²) in [5.74, 6) is 1.02. The SMILES string of the molecule is O=C1OC2(c3ccc(O)cc3Oc3cc(O)ccc32)c2ccccc21.O=C1OC2(c3ccccc31)c1cc(I)c(O)c(I)c1Oc1c2cc(I)c(O)c1I. The van der Waals surface area contributed by atoms with E-state index < -0.39 is 23.1 Å². The first-order chi connectivity index (χ1) is 25.9. The predicted molar refractivity (Wildman–Crippen MR) is 227 cm³/mol. The van der Waals surface area contributed by atoms with Gasteiger partial charge in [0, 0.05) is 34.4 Å². The van der Waals surface area contributed by atoms with Crippen molar-refractivity contribution >= 4 is 102 Å². The molecule has 0 saturated carbocycles. The van der Waals surface area contributed by atoms with Gasteiger partial charge in [0.05, 0.1) is 36.5 Å². The summed E-state index contributed by atoms with van der Waals surface area (Å²) in [6.07, 6.45) is 0. The highest BCUT2D eigenvalue weighted by molar-refractivity contribution is 14.1. The molecule has 10 rings (SSSR count). The van der Waals surface area contributed by atoms with Crippen LogP contribution in [0.4, 0.5) is 0 Å². The number of aromatic hydroxyl groups is 4. The number of ether oxygens (including phenoxy) is 4. The van der Waals surface area contributed by atoms with Gasteiger partial charge in [0.1, 0.15) is 34.5 Å². The second kappa shape index (κ2) is 12.8. The van der Waals surface area contributed by atoms with E-state index in [2.05, 4.69) is 45.2 Å². The lowest BCUT2D eigenvalue weighted by Gasteiger charge is -2.37. The third-order valence-electron chi connectivity index (χ3n) is 9.71. The third-order valence-corrected chi connectivity index (χ3v) is 13.4. The molecule has 54 heavy (non-hydrogen) atoms. The average molecular weight is 1170 g/mol. The molecule has 0 saturated heterocycles. The Balaban J connectivity index is 0.000000144. The summed E-state index contributed by atoms with van der Waals surface area (Å²) >= 11 is 8.17. The van der Waals surface area contributed by atoms with E-state index in [4.69, 9.17) is 18.9 Å². The van der Waals surface area contributed by atoms with E-state index in [-0.39, 0.29) is 23.0 Å². The monoisotopic (exact) mass is 1170 g/mol. The molecule has 14 heteroatoms. The van der Waals surface area contributed by atoms with Crippen LogP contribution in [0, 0.1) is 14.3 Å². The second-order valence-corrected chi connectivity index (χ2v) is 17.1. The summed E-state index contributed by atoms with van der Waals surface area (Å²) in [7, 11) is 0. The summed E-state index contributed by atoms with van der Waals surface area (Å²) in [6.45, 7) is 0. The van der Waals surface area contributed by atoms with Crippen LogP contribution in [0.1, 0.15) is 54.1 Å². The van der Waals surface area contributed by atoms with E-state index in [0.717, 1.165) is 0 Å². The Morgan fingerprint density at radius 1 is 0.463 bits per heavy atom. The topological polar surface area (TPSA) is 152 Å². The standard InChI is InChI=1S/C20H8I4O5.C20H12O5/c21-11-5-9-17(13(23)15(11)25)28-18-10(6-12(22)16(26)14(18)24)20(9)8-4-2-1-3-7(8)19(27)29-20;21-11-5-7-15-17(9-11)24-18-10-12(22)6-8-16(18)20(15)14-4-2-1-3-13(14)19(23)25-20/h1-6,25-26H;1-10,21-22H.